The number of morpholine rings is 1. The lowest BCUT2D eigenvalue weighted by Gasteiger charge is -2.27. The quantitative estimate of drug-likeness (QED) is 0.524. The maximum absolute atomic E-state index is 13.3. The Labute approximate surface area is 160 Å². The number of aryl methyl sites for hydroxylation is 1. The number of hydrogen-bond donors (Lipinski definition) is 0. The fraction of sp³-hybridized carbons (Fsp3) is 0.263. The molecule has 0 saturated carbocycles. The van der Waals surface area contributed by atoms with Crippen molar-refractivity contribution in [3.63, 3.8) is 0 Å². The molecule has 9 heteroatoms. The summed E-state index contributed by atoms with van der Waals surface area (Å²) in [4.78, 5) is 33.0. The van der Waals surface area contributed by atoms with Crippen LogP contribution < -0.4 is 0 Å². The summed E-state index contributed by atoms with van der Waals surface area (Å²) in [5.74, 6) is 0.286. The van der Waals surface area contributed by atoms with Gasteiger partial charge in [-0.25, -0.2) is 15.0 Å². The average Bonchev–Trinajstić information content (AvgIpc) is 3.20. The van der Waals surface area contributed by atoms with Gasteiger partial charge >= 0.3 is 0 Å². The second-order valence-corrected chi connectivity index (χ2v) is 6.57. The van der Waals surface area contributed by atoms with E-state index in [0.717, 1.165) is 5.69 Å². The number of rotatable bonds is 2. The second-order valence-electron chi connectivity index (χ2n) is 6.57. The molecule has 4 aromatic rings. The zero-order chi connectivity index (χ0) is 19.1. The summed E-state index contributed by atoms with van der Waals surface area (Å²) >= 11 is 0. The first-order valence-corrected chi connectivity index (χ1v) is 9.02. The number of carbonyl (C=O) groups is 1. The maximum atomic E-state index is 13.3. The third kappa shape index (κ3) is 2.76. The summed E-state index contributed by atoms with van der Waals surface area (Å²) in [5, 5.41) is 4.26. The number of aromatic nitrogens is 6. The van der Waals surface area contributed by atoms with E-state index >= 15 is 0 Å². The van der Waals surface area contributed by atoms with E-state index in [-0.39, 0.29) is 5.91 Å². The van der Waals surface area contributed by atoms with E-state index in [2.05, 4.69) is 20.1 Å². The molecule has 0 atom stereocenters. The van der Waals surface area contributed by atoms with Crippen LogP contribution in [0.3, 0.4) is 0 Å². The number of amides is 1. The molecule has 1 saturated heterocycles. The van der Waals surface area contributed by atoms with Gasteiger partial charge in [0, 0.05) is 18.8 Å². The van der Waals surface area contributed by atoms with Gasteiger partial charge in [0.05, 0.1) is 29.9 Å². The molecule has 1 aromatic carbocycles. The lowest BCUT2D eigenvalue weighted by molar-refractivity contribution is 0.0299. The largest absolute Gasteiger partial charge is 0.378 e. The van der Waals surface area contributed by atoms with Crippen LogP contribution in [0, 0.1) is 6.92 Å². The predicted octanol–water partition coefficient (Wildman–Crippen LogP) is 1.52. The van der Waals surface area contributed by atoms with Gasteiger partial charge in [-0.1, -0.05) is 12.1 Å². The monoisotopic (exact) mass is 375 g/mol. The average molecular weight is 375 g/mol. The lowest BCUT2D eigenvalue weighted by atomic mass is 10.1. The van der Waals surface area contributed by atoms with Crippen LogP contribution in [-0.4, -0.2) is 66.7 Å². The van der Waals surface area contributed by atoms with Gasteiger partial charge in [-0.15, -0.1) is 0 Å². The van der Waals surface area contributed by atoms with Gasteiger partial charge < -0.3 is 9.64 Å². The zero-order valence-electron chi connectivity index (χ0n) is 15.2. The Balaban J connectivity index is 1.76. The van der Waals surface area contributed by atoms with E-state index in [4.69, 9.17) is 9.72 Å². The number of ether oxygens (including phenoxy) is 1. The Kier molecular flexibility index (Phi) is 3.94. The fourth-order valence-electron chi connectivity index (χ4n) is 3.34. The summed E-state index contributed by atoms with van der Waals surface area (Å²) in [7, 11) is 0. The second kappa shape index (κ2) is 6.61. The van der Waals surface area contributed by atoms with E-state index < -0.39 is 0 Å². The molecular weight excluding hydrogens is 358 g/mol. The maximum Gasteiger partial charge on any atom is 0.274 e. The smallest absolute Gasteiger partial charge is 0.274 e. The third-order valence-corrected chi connectivity index (χ3v) is 4.69. The molecule has 1 amide bonds. The molecule has 28 heavy (non-hydrogen) atoms. The summed E-state index contributed by atoms with van der Waals surface area (Å²) in [5.41, 5.74) is 3.53. The van der Waals surface area contributed by atoms with Crippen molar-refractivity contribution < 1.29 is 9.53 Å². The van der Waals surface area contributed by atoms with Crippen molar-refractivity contribution >= 4 is 22.7 Å². The van der Waals surface area contributed by atoms with Crippen LogP contribution in [0.5, 0.6) is 0 Å². The Morgan fingerprint density at radius 3 is 2.61 bits per heavy atom. The minimum atomic E-state index is -0.167. The summed E-state index contributed by atoms with van der Waals surface area (Å²) < 4.78 is 6.96. The number of hydrogen-bond acceptors (Lipinski definition) is 7. The van der Waals surface area contributed by atoms with E-state index in [0.29, 0.717) is 60.2 Å². The summed E-state index contributed by atoms with van der Waals surface area (Å²) in [6, 6.07) is 9.35. The van der Waals surface area contributed by atoms with E-state index in [1.54, 1.807) is 9.42 Å². The highest BCUT2D eigenvalue weighted by Gasteiger charge is 2.26. The van der Waals surface area contributed by atoms with Gasteiger partial charge in [-0.3, -0.25) is 4.79 Å². The molecule has 0 bridgehead atoms. The molecular formula is C19H17N7O2. The fourth-order valence-corrected chi connectivity index (χ4v) is 3.34. The minimum absolute atomic E-state index is 0.167. The number of nitrogens with zero attached hydrogens (tertiary/aromatic N) is 7. The molecule has 9 nitrogen and oxygen atoms in total. The zero-order valence-corrected chi connectivity index (χ0v) is 15.2. The van der Waals surface area contributed by atoms with E-state index in [1.165, 1.54) is 6.33 Å². The first-order chi connectivity index (χ1) is 13.7. The lowest BCUT2D eigenvalue weighted by Crippen LogP contribution is -2.41. The molecule has 0 aliphatic carbocycles. The van der Waals surface area contributed by atoms with Gasteiger partial charge in [0.1, 0.15) is 12.0 Å². The molecule has 1 aliphatic heterocycles. The van der Waals surface area contributed by atoms with Crippen molar-refractivity contribution in [3.8, 4) is 11.4 Å². The standard InChI is InChI=1S/C19H17N7O2/c1-12-10-15(26-19(22-12)20-11-21-26)16-17(18(27)25-6-8-28-9-7-25)24-14-5-3-2-4-13(14)23-16/h2-5,10-11H,6-9H2,1H3. The van der Waals surface area contributed by atoms with Crippen molar-refractivity contribution in [2.45, 2.75) is 6.92 Å². The van der Waals surface area contributed by atoms with Gasteiger partial charge in [0.2, 0.25) is 0 Å². The molecule has 5 rings (SSSR count). The third-order valence-electron chi connectivity index (χ3n) is 4.69. The van der Waals surface area contributed by atoms with Crippen LogP contribution in [0.2, 0.25) is 0 Å². The summed E-state index contributed by atoms with van der Waals surface area (Å²) in [6.45, 7) is 3.96. The highest BCUT2D eigenvalue weighted by Crippen LogP contribution is 2.25. The van der Waals surface area contributed by atoms with Crippen LogP contribution >= 0.6 is 0 Å². The first-order valence-electron chi connectivity index (χ1n) is 9.02. The van der Waals surface area contributed by atoms with E-state index in [9.17, 15) is 4.79 Å². The Hall–Kier alpha value is -3.46. The Morgan fingerprint density at radius 2 is 1.82 bits per heavy atom. The van der Waals surface area contributed by atoms with Crippen molar-refractivity contribution in [2.75, 3.05) is 26.3 Å². The number of carbonyl (C=O) groups excluding carboxylic acids is 1. The number of fused-ring (bicyclic) bond motifs is 2. The minimum Gasteiger partial charge on any atom is -0.378 e. The molecule has 0 spiro atoms. The predicted molar refractivity (Wildman–Crippen MR) is 101 cm³/mol. The molecule has 140 valence electrons. The molecule has 3 aromatic heterocycles. The van der Waals surface area contributed by atoms with E-state index in [1.807, 2.05) is 37.3 Å². The van der Waals surface area contributed by atoms with Crippen molar-refractivity contribution in [2.24, 2.45) is 0 Å². The normalized spacial score (nSPS) is 14.7. The molecule has 0 radical (unpaired) electrons. The first kappa shape index (κ1) is 16.7. The van der Waals surface area contributed by atoms with Gasteiger partial charge in [-0.2, -0.15) is 14.6 Å². The summed E-state index contributed by atoms with van der Waals surface area (Å²) in [6.07, 6.45) is 1.43. The highest BCUT2D eigenvalue weighted by atomic mass is 16.5. The van der Waals surface area contributed by atoms with Crippen molar-refractivity contribution in [1.29, 1.82) is 0 Å². The number of benzene rings is 1. The van der Waals surface area contributed by atoms with Crippen molar-refractivity contribution in [1.82, 2.24) is 34.4 Å². The Morgan fingerprint density at radius 1 is 1.07 bits per heavy atom. The van der Waals surface area contributed by atoms with Crippen LogP contribution in [0.25, 0.3) is 28.2 Å². The van der Waals surface area contributed by atoms with Crippen LogP contribution in [0.1, 0.15) is 16.2 Å². The molecule has 0 N–H and O–H groups in total. The molecule has 1 aliphatic rings. The molecule has 4 heterocycles. The van der Waals surface area contributed by atoms with Gasteiger partial charge in [0.15, 0.2) is 5.69 Å². The number of para-hydroxylation sites is 2. The van der Waals surface area contributed by atoms with Gasteiger partial charge in [-0.05, 0) is 25.1 Å². The van der Waals surface area contributed by atoms with Crippen molar-refractivity contribution in [3.05, 3.63) is 48.0 Å². The van der Waals surface area contributed by atoms with Crippen LogP contribution in [0.15, 0.2) is 36.7 Å². The van der Waals surface area contributed by atoms with Crippen LogP contribution in [-0.2, 0) is 4.74 Å². The molecule has 1 fully saturated rings. The SMILES string of the molecule is Cc1cc(-c2nc3ccccc3nc2C(=O)N2CCOCC2)n2ncnc2n1. The van der Waals surface area contributed by atoms with Gasteiger partial charge in [0.25, 0.3) is 11.7 Å². The Bertz CT molecular complexity index is 1200. The molecule has 0 unspecified atom stereocenters. The topological polar surface area (TPSA) is 98.4 Å². The highest BCUT2D eigenvalue weighted by molar-refractivity contribution is 5.99. The van der Waals surface area contributed by atoms with Crippen LogP contribution in [0.4, 0.5) is 0 Å².